The Morgan fingerprint density at radius 3 is 2.06 bits per heavy atom. The van der Waals surface area contributed by atoms with E-state index in [0.29, 0.717) is 5.69 Å². The van der Waals surface area contributed by atoms with E-state index in [-0.39, 0.29) is 19.3 Å². The number of carboxylic acids is 1. The van der Waals surface area contributed by atoms with E-state index in [4.69, 9.17) is 16.6 Å². The minimum absolute atomic E-state index is 0.0690. The van der Waals surface area contributed by atoms with Gasteiger partial charge in [0.15, 0.2) is 6.04 Å². The predicted octanol–water partition coefficient (Wildman–Crippen LogP) is -4.15. The highest BCUT2D eigenvalue weighted by Gasteiger charge is 2.33. The fraction of sp³-hybridized carbons (Fsp3) is 0.579. The summed E-state index contributed by atoms with van der Waals surface area (Å²) >= 11 is 0. The molecule has 4 amide bonds. The lowest BCUT2D eigenvalue weighted by molar-refractivity contribution is -0.145. The first kappa shape index (κ1) is 28.5. The lowest BCUT2D eigenvalue weighted by atomic mass is 10.1. The van der Waals surface area contributed by atoms with Crippen molar-refractivity contribution in [1.29, 1.82) is 0 Å². The zero-order valence-corrected chi connectivity index (χ0v) is 18.7. The first-order valence-corrected chi connectivity index (χ1v) is 10.3. The van der Waals surface area contributed by atoms with Gasteiger partial charge in [0, 0.05) is 24.7 Å². The SMILES string of the molecule is CC(O)C(NC(=O)C(CCC(N)=O)NC(=O)C(NC(=O)C(N)Cc1cnc[nH]1)C(C)O)C(=O)O. The molecule has 0 aliphatic rings. The highest BCUT2D eigenvalue weighted by molar-refractivity contribution is 5.94. The van der Waals surface area contributed by atoms with E-state index >= 15 is 0 Å². The van der Waals surface area contributed by atoms with Crippen molar-refractivity contribution in [3.63, 3.8) is 0 Å². The van der Waals surface area contributed by atoms with E-state index in [1.807, 2.05) is 0 Å². The molecule has 0 saturated heterocycles. The number of H-pyrrole nitrogens is 1. The van der Waals surface area contributed by atoms with Crippen molar-refractivity contribution in [1.82, 2.24) is 25.9 Å². The van der Waals surface area contributed by atoms with E-state index in [1.165, 1.54) is 19.4 Å². The summed E-state index contributed by atoms with van der Waals surface area (Å²) in [7, 11) is 0. The van der Waals surface area contributed by atoms with Crippen LogP contribution in [0.5, 0.6) is 0 Å². The zero-order chi connectivity index (χ0) is 26.0. The Kier molecular flexibility index (Phi) is 11.1. The molecule has 0 radical (unpaired) electrons. The van der Waals surface area contributed by atoms with Crippen LogP contribution in [0.15, 0.2) is 12.5 Å². The number of aromatic nitrogens is 2. The summed E-state index contributed by atoms with van der Waals surface area (Å²) < 4.78 is 0. The van der Waals surface area contributed by atoms with Gasteiger partial charge in [0.1, 0.15) is 12.1 Å². The number of nitrogens with one attached hydrogen (secondary N) is 4. The second kappa shape index (κ2) is 13.2. The van der Waals surface area contributed by atoms with Crippen LogP contribution in [0.3, 0.4) is 0 Å². The minimum atomic E-state index is -1.69. The summed E-state index contributed by atoms with van der Waals surface area (Å²) in [6, 6.07) is -5.77. The van der Waals surface area contributed by atoms with Gasteiger partial charge in [-0.3, -0.25) is 19.2 Å². The maximum Gasteiger partial charge on any atom is 0.328 e. The van der Waals surface area contributed by atoms with Gasteiger partial charge in [-0.1, -0.05) is 0 Å². The number of aliphatic hydroxyl groups is 2. The molecule has 0 saturated carbocycles. The summed E-state index contributed by atoms with van der Waals surface area (Å²) in [6.45, 7) is 2.36. The molecule has 11 N–H and O–H groups in total. The number of primary amides is 1. The molecular weight excluding hydrogens is 454 g/mol. The van der Waals surface area contributed by atoms with E-state index in [2.05, 4.69) is 25.9 Å². The van der Waals surface area contributed by atoms with Crippen LogP contribution in [0.1, 0.15) is 32.4 Å². The molecule has 0 aliphatic carbocycles. The Hall–Kier alpha value is -3.56. The molecule has 0 fully saturated rings. The third kappa shape index (κ3) is 9.13. The molecule has 0 aliphatic heterocycles. The highest BCUT2D eigenvalue weighted by atomic mass is 16.4. The van der Waals surface area contributed by atoms with Crippen molar-refractivity contribution in [2.75, 3.05) is 0 Å². The second-order valence-corrected chi connectivity index (χ2v) is 7.75. The minimum Gasteiger partial charge on any atom is -0.480 e. The average molecular weight is 485 g/mol. The molecule has 15 nitrogen and oxygen atoms in total. The van der Waals surface area contributed by atoms with E-state index < -0.39 is 66.0 Å². The van der Waals surface area contributed by atoms with Crippen molar-refractivity contribution < 1.29 is 39.3 Å². The molecule has 15 heteroatoms. The zero-order valence-electron chi connectivity index (χ0n) is 18.7. The Morgan fingerprint density at radius 1 is 1.00 bits per heavy atom. The summed E-state index contributed by atoms with van der Waals surface area (Å²) in [5, 5.41) is 35.3. The maximum atomic E-state index is 12.8. The number of hydrogen-bond acceptors (Lipinski definition) is 9. The van der Waals surface area contributed by atoms with Gasteiger partial charge >= 0.3 is 5.97 Å². The van der Waals surface area contributed by atoms with Crippen molar-refractivity contribution in [3.8, 4) is 0 Å². The van der Waals surface area contributed by atoms with Gasteiger partial charge in [-0.05, 0) is 20.3 Å². The van der Waals surface area contributed by atoms with Gasteiger partial charge in [0.2, 0.25) is 23.6 Å². The highest BCUT2D eigenvalue weighted by Crippen LogP contribution is 2.04. The maximum absolute atomic E-state index is 12.8. The Morgan fingerprint density at radius 2 is 1.59 bits per heavy atom. The topological polar surface area (TPSA) is 263 Å². The number of aliphatic hydroxyl groups excluding tert-OH is 2. The number of hydrogen-bond donors (Lipinski definition) is 9. The first-order chi connectivity index (χ1) is 15.8. The normalized spacial score (nSPS) is 16.3. The molecule has 34 heavy (non-hydrogen) atoms. The Labute approximate surface area is 194 Å². The monoisotopic (exact) mass is 485 g/mol. The average Bonchev–Trinajstić information content (AvgIpc) is 3.24. The van der Waals surface area contributed by atoms with Crippen LogP contribution in [0, 0.1) is 0 Å². The van der Waals surface area contributed by atoms with Gasteiger partial charge in [-0.15, -0.1) is 0 Å². The van der Waals surface area contributed by atoms with Crippen LogP contribution in [0.4, 0.5) is 0 Å². The summed E-state index contributed by atoms with van der Waals surface area (Å²) in [6.07, 6.45) is -0.590. The number of nitrogens with zero attached hydrogens (tertiary/aromatic N) is 1. The summed E-state index contributed by atoms with van der Waals surface area (Å²) in [5.74, 6) is -5.10. The Balaban J connectivity index is 2.93. The number of imidazole rings is 1. The number of nitrogens with two attached hydrogens (primary N) is 2. The Bertz CT molecular complexity index is 859. The van der Waals surface area contributed by atoms with Crippen molar-refractivity contribution in [3.05, 3.63) is 18.2 Å². The van der Waals surface area contributed by atoms with E-state index in [1.54, 1.807) is 0 Å². The number of aromatic amines is 1. The summed E-state index contributed by atoms with van der Waals surface area (Å²) in [4.78, 5) is 66.8. The summed E-state index contributed by atoms with van der Waals surface area (Å²) in [5.41, 5.74) is 11.5. The molecule has 1 aromatic heterocycles. The number of carbonyl (C=O) groups excluding carboxylic acids is 4. The third-order valence-corrected chi connectivity index (χ3v) is 4.75. The van der Waals surface area contributed by atoms with Crippen LogP contribution in [-0.4, -0.2) is 91.3 Å². The van der Waals surface area contributed by atoms with Crippen LogP contribution >= 0.6 is 0 Å². The smallest absolute Gasteiger partial charge is 0.328 e. The second-order valence-electron chi connectivity index (χ2n) is 7.75. The molecular formula is C19H31N7O8. The standard InChI is InChI=1S/C19H31N7O8/c1-8(27)14(25-16(30)11(20)5-10-6-22-7-23-10)18(32)24-12(3-4-13(21)29)17(31)26-15(9(2)28)19(33)34/h6-9,11-12,14-15,27-28H,3-5,20H2,1-2H3,(H2,21,29)(H,22,23)(H,24,32)(H,25,30)(H,26,31)(H,33,34). The van der Waals surface area contributed by atoms with Crippen LogP contribution in [0.2, 0.25) is 0 Å². The largest absolute Gasteiger partial charge is 0.480 e. The molecule has 1 aromatic rings. The molecule has 1 rings (SSSR count). The quantitative estimate of drug-likeness (QED) is 0.123. The lowest BCUT2D eigenvalue weighted by Gasteiger charge is -2.26. The lowest BCUT2D eigenvalue weighted by Crippen LogP contribution is -2.60. The van der Waals surface area contributed by atoms with Crippen molar-refractivity contribution in [2.24, 2.45) is 11.5 Å². The number of rotatable bonds is 14. The first-order valence-electron chi connectivity index (χ1n) is 10.3. The van der Waals surface area contributed by atoms with Crippen LogP contribution in [-0.2, 0) is 30.4 Å². The third-order valence-electron chi connectivity index (χ3n) is 4.75. The van der Waals surface area contributed by atoms with Gasteiger partial charge in [0.05, 0.1) is 24.6 Å². The van der Waals surface area contributed by atoms with Crippen LogP contribution < -0.4 is 27.4 Å². The number of carbonyl (C=O) groups is 5. The predicted molar refractivity (Wildman–Crippen MR) is 115 cm³/mol. The molecule has 1 heterocycles. The van der Waals surface area contributed by atoms with Gasteiger partial charge in [-0.2, -0.15) is 0 Å². The fourth-order valence-corrected chi connectivity index (χ4v) is 2.85. The molecule has 0 spiro atoms. The van der Waals surface area contributed by atoms with Crippen molar-refractivity contribution >= 4 is 29.6 Å². The van der Waals surface area contributed by atoms with E-state index in [0.717, 1.165) is 6.92 Å². The van der Waals surface area contributed by atoms with Gasteiger partial charge < -0.3 is 47.7 Å². The number of carboxylic acid groups (broad SMARTS) is 1. The number of amides is 4. The van der Waals surface area contributed by atoms with Gasteiger partial charge in [0.25, 0.3) is 0 Å². The molecule has 190 valence electrons. The van der Waals surface area contributed by atoms with E-state index in [9.17, 15) is 34.2 Å². The molecule has 6 atom stereocenters. The molecule has 0 aromatic carbocycles. The number of aliphatic carboxylic acids is 1. The van der Waals surface area contributed by atoms with Gasteiger partial charge in [-0.25, -0.2) is 9.78 Å². The molecule has 0 bridgehead atoms. The fourth-order valence-electron chi connectivity index (χ4n) is 2.85. The van der Waals surface area contributed by atoms with Crippen molar-refractivity contribution in [2.45, 2.75) is 69.5 Å². The van der Waals surface area contributed by atoms with Crippen LogP contribution in [0.25, 0.3) is 0 Å². The molecule has 6 unspecified atom stereocenters.